The zero-order chi connectivity index (χ0) is 16.6. The lowest BCUT2D eigenvalue weighted by molar-refractivity contribution is 0.0532. The summed E-state index contributed by atoms with van der Waals surface area (Å²) in [5.41, 5.74) is 0.949. The number of halogens is 3. The van der Waals surface area contributed by atoms with Crippen LogP contribution in [0.5, 0.6) is 0 Å². The second-order valence-corrected chi connectivity index (χ2v) is 6.48. The first-order valence-electron chi connectivity index (χ1n) is 7.07. The minimum absolute atomic E-state index is 0.0659. The maximum atomic E-state index is 12.1. The third-order valence-electron chi connectivity index (χ3n) is 3.63. The van der Waals surface area contributed by atoms with Crippen molar-refractivity contribution in [2.45, 2.75) is 13.0 Å². The van der Waals surface area contributed by atoms with E-state index in [-0.39, 0.29) is 16.1 Å². The van der Waals surface area contributed by atoms with Gasteiger partial charge in [0.1, 0.15) is 5.02 Å². The highest BCUT2D eigenvalue weighted by atomic mass is 35.5. The second kappa shape index (κ2) is 6.69. The number of anilines is 1. The van der Waals surface area contributed by atoms with Crippen molar-refractivity contribution < 1.29 is 4.74 Å². The Labute approximate surface area is 148 Å². The summed E-state index contributed by atoms with van der Waals surface area (Å²) in [5, 5.41) is 4.60. The quantitative estimate of drug-likeness (QED) is 0.808. The molecule has 0 spiro atoms. The molecular weight excluding hydrogens is 361 g/mol. The fraction of sp³-hybridized carbons (Fsp3) is 0.333. The molecule has 0 aliphatic carbocycles. The average Bonchev–Trinajstić information content (AvgIpc) is 2.53. The van der Waals surface area contributed by atoms with E-state index >= 15 is 0 Å². The Morgan fingerprint density at radius 2 is 2.04 bits per heavy atom. The highest BCUT2D eigenvalue weighted by molar-refractivity contribution is 6.41. The van der Waals surface area contributed by atoms with E-state index in [1.807, 2.05) is 13.0 Å². The molecule has 1 aliphatic heterocycles. The molecule has 0 saturated carbocycles. The van der Waals surface area contributed by atoms with Crippen LogP contribution in [-0.4, -0.2) is 35.6 Å². The van der Waals surface area contributed by atoms with Crippen LogP contribution >= 0.6 is 34.8 Å². The Kier molecular flexibility index (Phi) is 4.82. The summed E-state index contributed by atoms with van der Waals surface area (Å²) in [6.45, 7) is 4.22. The first-order chi connectivity index (χ1) is 11.0. The van der Waals surface area contributed by atoms with E-state index in [0.29, 0.717) is 17.3 Å². The van der Waals surface area contributed by atoms with Gasteiger partial charge in [-0.05, 0) is 25.1 Å². The SMILES string of the molecule is CC1CN(c2ccc(-n3ncc(Cl)c(Cl)c3=O)cc2Cl)CCO1. The number of hydrogen-bond donors (Lipinski definition) is 0. The van der Waals surface area contributed by atoms with Gasteiger partial charge in [-0.3, -0.25) is 4.79 Å². The lowest BCUT2D eigenvalue weighted by Crippen LogP contribution is -2.41. The smallest absolute Gasteiger partial charge is 0.291 e. The third-order valence-corrected chi connectivity index (χ3v) is 4.69. The Morgan fingerprint density at radius 1 is 1.26 bits per heavy atom. The van der Waals surface area contributed by atoms with E-state index in [0.717, 1.165) is 18.8 Å². The average molecular weight is 375 g/mol. The maximum Gasteiger partial charge on any atom is 0.291 e. The second-order valence-electron chi connectivity index (χ2n) is 5.29. The van der Waals surface area contributed by atoms with E-state index in [9.17, 15) is 4.79 Å². The number of aromatic nitrogens is 2. The molecule has 1 fully saturated rings. The lowest BCUT2D eigenvalue weighted by Gasteiger charge is -2.33. The van der Waals surface area contributed by atoms with E-state index in [4.69, 9.17) is 39.5 Å². The molecule has 8 heteroatoms. The van der Waals surface area contributed by atoms with E-state index in [1.54, 1.807) is 12.1 Å². The Hall–Kier alpha value is -1.27. The van der Waals surface area contributed by atoms with Crippen molar-refractivity contribution in [3.8, 4) is 5.69 Å². The first kappa shape index (κ1) is 16.6. The molecule has 2 aromatic rings. The molecule has 23 heavy (non-hydrogen) atoms. The van der Waals surface area contributed by atoms with Crippen molar-refractivity contribution in [2.24, 2.45) is 0 Å². The van der Waals surface area contributed by atoms with E-state index in [2.05, 4.69) is 10.00 Å². The highest BCUT2D eigenvalue weighted by Crippen LogP contribution is 2.29. The lowest BCUT2D eigenvalue weighted by atomic mass is 10.2. The molecule has 1 aromatic carbocycles. The minimum Gasteiger partial charge on any atom is -0.375 e. The molecule has 0 amide bonds. The molecule has 1 aromatic heterocycles. The van der Waals surface area contributed by atoms with Crippen LogP contribution in [-0.2, 0) is 4.74 Å². The van der Waals surface area contributed by atoms with Crippen LogP contribution in [0.15, 0.2) is 29.2 Å². The topological polar surface area (TPSA) is 47.4 Å². The monoisotopic (exact) mass is 373 g/mol. The fourth-order valence-corrected chi connectivity index (χ4v) is 3.07. The van der Waals surface area contributed by atoms with Gasteiger partial charge in [-0.2, -0.15) is 9.78 Å². The molecule has 122 valence electrons. The van der Waals surface area contributed by atoms with E-state index in [1.165, 1.54) is 10.9 Å². The summed E-state index contributed by atoms with van der Waals surface area (Å²) in [7, 11) is 0. The number of ether oxygens (including phenoxy) is 1. The summed E-state index contributed by atoms with van der Waals surface area (Å²) >= 11 is 18.1. The van der Waals surface area contributed by atoms with Gasteiger partial charge in [0.15, 0.2) is 0 Å². The van der Waals surface area contributed by atoms with Crippen LogP contribution in [0.2, 0.25) is 15.1 Å². The Bertz CT molecular complexity index is 794. The zero-order valence-corrected chi connectivity index (χ0v) is 14.6. The molecule has 1 aliphatic rings. The molecule has 0 bridgehead atoms. The van der Waals surface area contributed by atoms with Crippen LogP contribution in [0.1, 0.15) is 6.92 Å². The van der Waals surface area contributed by atoms with Crippen molar-refractivity contribution in [2.75, 3.05) is 24.6 Å². The molecule has 0 radical (unpaired) electrons. The first-order valence-corrected chi connectivity index (χ1v) is 8.20. The van der Waals surface area contributed by atoms with Gasteiger partial charge in [0.25, 0.3) is 5.56 Å². The summed E-state index contributed by atoms with van der Waals surface area (Å²) in [5.74, 6) is 0. The fourth-order valence-electron chi connectivity index (χ4n) is 2.52. The zero-order valence-electron chi connectivity index (χ0n) is 12.3. The maximum absolute atomic E-state index is 12.1. The largest absolute Gasteiger partial charge is 0.375 e. The minimum atomic E-state index is -0.483. The van der Waals surface area contributed by atoms with Gasteiger partial charge < -0.3 is 9.64 Å². The van der Waals surface area contributed by atoms with Crippen molar-refractivity contribution in [3.63, 3.8) is 0 Å². The summed E-state index contributed by atoms with van der Waals surface area (Å²) < 4.78 is 6.71. The predicted molar refractivity (Wildman–Crippen MR) is 92.5 cm³/mol. The number of hydrogen-bond acceptors (Lipinski definition) is 4. The van der Waals surface area contributed by atoms with Gasteiger partial charge in [0.2, 0.25) is 0 Å². The van der Waals surface area contributed by atoms with Crippen LogP contribution in [0, 0.1) is 0 Å². The van der Waals surface area contributed by atoms with Crippen molar-refractivity contribution in [1.82, 2.24) is 9.78 Å². The number of rotatable bonds is 2. The van der Waals surface area contributed by atoms with Crippen molar-refractivity contribution in [1.29, 1.82) is 0 Å². The number of nitrogens with zero attached hydrogens (tertiary/aromatic N) is 3. The van der Waals surface area contributed by atoms with Crippen LogP contribution in [0.25, 0.3) is 5.69 Å². The molecule has 2 heterocycles. The molecule has 1 unspecified atom stereocenters. The van der Waals surface area contributed by atoms with Crippen LogP contribution < -0.4 is 10.5 Å². The number of benzene rings is 1. The molecule has 1 atom stereocenters. The van der Waals surface area contributed by atoms with Crippen molar-refractivity contribution in [3.05, 3.63) is 49.8 Å². The van der Waals surface area contributed by atoms with Gasteiger partial charge in [-0.25, -0.2) is 0 Å². The van der Waals surface area contributed by atoms with Crippen LogP contribution in [0.3, 0.4) is 0 Å². The molecule has 1 saturated heterocycles. The van der Waals surface area contributed by atoms with Gasteiger partial charge in [0.05, 0.1) is 40.3 Å². The van der Waals surface area contributed by atoms with Gasteiger partial charge in [0, 0.05) is 13.1 Å². The van der Waals surface area contributed by atoms with Gasteiger partial charge in [-0.1, -0.05) is 34.8 Å². The molecule has 5 nitrogen and oxygen atoms in total. The summed E-state index contributed by atoms with van der Waals surface area (Å²) in [6.07, 6.45) is 1.48. The van der Waals surface area contributed by atoms with Gasteiger partial charge in [-0.15, -0.1) is 0 Å². The Morgan fingerprint density at radius 3 is 2.74 bits per heavy atom. The number of morpholine rings is 1. The standard InChI is InChI=1S/C15H14Cl3N3O2/c1-9-8-20(4-5-23-9)13-3-2-10(6-11(13)16)21-15(22)14(18)12(17)7-19-21/h2-3,6-7,9H,4-5,8H2,1H3. The molecular formula is C15H14Cl3N3O2. The van der Waals surface area contributed by atoms with Crippen molar-refractivity contribution >= 4 is 40.5 Å². The third kappa shape index (κ3) is 3.33. The van der Waals surface area contributed by atoms with Gasteiger partial charge >= 0.3 is 0 Å². The molecule has 0 N–H and O–H groups in total. The summed E-state index contributed by atoms with van der Waals surface area (Å²) in [6, 6.07) is 5.34. The predicted octanol–water partition coefficient (Wildman–Crippen LogP) is 3.42. The highest BCUT2D eigenvalue weighted by Gasteiger charge is 2.19. The normalized spacial score (nSPS) is 18.3. The summed E-state index contributed by atoms with van der Waals surface area (Å²) in [4.78, 5) is 14.3. The van der Waals surface area contributed by atoms with Crippen LogP contribution in [0.4, 0.5) is 5.69 Å². The molecule has 3 rings (SSSR count). The van der Waals surface area contributed by atoms with E-state index < -0.39 is 5.56 Å². The Balaban J connectivity index is 1.97.